The number of amides is 2. The molecule has 2 N–H and O–H groups in total. The number of anilines is 2. The van der Waals surface area contributed by atoms with E-state index in [0.717, 1.165) is 24.8 Å². The van der Waals surface area contributed by atoms with Crippen LogP contribution in [0.5, 0.6) is 5.75 Å². The van der Waals surface area contributed by atoms with Gasteiger partial charge in [0.25, 0.3) is 0 Å². The molecular weight excluding hydrogens is 400 g/mol. The number of nitrogens with zero attached hydrogens (tertiary/aromatic N) is 2. The van der Waals surface area contributed by atoms with Crippen LogP contribution < -0.4 is 15.4 Å². The molecule has 0 bridgehead atoms. The average Bonchev–Trinajstić information content (AvgIpc) is 3.03. The Labute approximate surface area is 180 Å². The Bertz CT molecular complexity index is 979. The summed E-state index contributed by atoms with van der Waals surface area (Å²) < 4.78 is 5.15. The molecule has 0 fully saturated rings. The van der Waals surface area contributed by atoms with Crippen LogP contribution in [0, 0.1) is 17.2 Å². The van der Waals surface area contributed by atoms with Crippen LogP contribution in [0.1, 0.15) is 29.3 Å². The summed E-state index contributed by atoms with van der Waals surface area (Å²) in [6.45, 7) is 2.32. The lowest BCUT2D eigenvalue weighted by molar-refractivity contribution is -0.119. The summed E-state index contributed by atoms with van der Waals surface area (Å²) in [4.78, 5) is 27.6. The molecular formula is C22H26N4O3S. The molecule has 0 saturated heterocycles. The number of carbonyl (C=O) groups excluding carboxylic acids is 2. The van der Waals surface area contributed by atoms with Crippen molar-refractivity contribution in [3.05, 3.63) is 40.3 Å². The molecule has 8 heteroatoms. The van der Waals surface area contributed by atoms with Crippen molar-refractivity contribution in [2.75, 3.05) is 37.9 Å². The van der Waals surface area contributed by atoms with Crippen LogP contribution in [0.15, 0.2) is 24.3 Å². The molecule has 1 unspecified atom stereocenters. The first-order valence-corrected chi connectivity index (χ1v) is 10.7. The number of hydrogen-bond acceptors (Lipinski definition) is 6. The van der Waals surface area contributed by atoms with Gasteiger partial charge in [0.05, 0.1) is 25.8 Å². The van der Waals surface area contributed by atoms with E-state index in [4.69, 9.17) is 4.74 Å². The lowest BCUT2D eigenvalue weighted by Crippen LogP contribution is -2.36. The van der Waals surface area contributed by atoms with Crippen molar-refractivity contribution in [1.29, 1.82) is 5.26 Å². The zero-order chi connectivity index (χ0) is 21.7. The number of carbonyl (C=O) groups is 2. The first-order chi connectivity index (χ1) is 14.4. The monoisotopic (exact) mass is 426 g/mol. The van der Waals surface area contributed by atoms with E-state index in [2.05, 4.69) is 23.6 Å². The topological polar surface area (TPSA) is 94.5 Å². The van der Waals surface area contributed by atoms with Crippen molar-refractivity contribution < 1.29 is 14.3 Å². The van der Waals surface area contributed by atoms with Gasteiger partial charge >= 0.3 is 0 Å². The Morgan fingerprint density at radius 2 is 2.03 bits per heavy atom. The molecule has 0 radical (unpaired) electrons. The maximum Gasteiger partial charge on any atom is 0.239 e. The standard InChI is InChI=1S/C22H26N4O3S/c1-14-7-8-17-18(11-23)22(30-19(17)9-14)25-21(28)13-26(2)12-20(27)24-15-5-4-6-16(10-15)29-3/h4-6,10,14H,7-9,12-13H2,1-3H3,(H,24,27)(H,25,28). The van der Waals surface area contributed by atoms with E-state index < -0.39 is 0 Å². The van der Waals surface area contributed by atoms with E-state index in [1.165, 1.54) is 16.2 Å². The SMILES string of the molecule is COc1cccc(NC(=O)CN(C)CC(=O)Nc2sc3c(c2C#N)CCC(C)C3)c1. The number of fused-ring (bicyclic) bond motifs is 1. The fourth-order valence-corrected chi connectivity index (χ4v) is 4.95. The zero-order valence-electron chi connectivity index (χ0n) is 17.4. The van der Waals surface area contributed by atoms with Gasteiger partial charge in [-0.3, -0.25) is 14.5 Å². The first-order valence-electron chi connectivity index (χ1n) is 9.86. The summed E-state index contributed by atoms with van der Waals surface area (Å²) in [6, 6.07) is 9.34. The molecule has 2 amide bonds. The highest BCUT2D eigenvalue weighted by Gasteiger charge is 2.25. The van der Waals surface area contributed by atoms with Gasteiger partial charge in [0, 0.05) is 16.6 Å². The average molecular weight is 427 g/mol. The normalized spacial score (nSPS) is 15.2. The van der Waals surface area contributed by atoms with Crippen LogP contribution in [0.2, 0.25) is 0 Å². The van der Waals surface area contributed by atoms with Gasteiger partial charge in [-0.1, -0.05) is 13.0 Å². The quantitative estimate of drug-likeness (QED) is 0.709. The summed E-state index contributed by atoms with van der Waals surface area (Å²) in [5, 5.41) is 15.8. The largest absolute Gasteiger partial charge is 0.497 e. The fraction of sp³-hybridized carbons (Fsp3) is 0.409. The minimum Gasteiger partial charge on any atom is -0.497 e. The summed E-state index contributed by atoms with van der Waals surface area (Å²) in [6.07, 6.45) is 2.90. The molecule has 1 aliphatic carbocycles. The Morgan fingerprint density at radius 3 is 2.73 bits per heavy atom. The van der Waals surface area contributed by atoms with Crippen LogP contribution >= 0.6 is 11.3 Å². The summed E-state index contributed by atoms with van der Waals surface area (Å²) in [5.41, 5.74) is 2.31. The minimum atomic E-state index is -0.241. The molecule has 7 nitrogen and oxygen atoms in total. The number of methoxy groups -OCH3 is 1. The number of hydrogen-bond donors (Lipinski definition) is 2. The van der Waals surface area contributed by atoms with Crippen molar-refractivity contribution in [3.8, 4) is 11.8 Å². The van der Waals surface area contributed by atoms with E-state index in [-0.39, 0.29) is 24.9 Å². The van der Waals surface area contributed by atoms with E-state index in [1.54, 1.807) is 43.3 Å². The summed E-state index contributed by atoms with van der Waals surface area (Å²) in [7, 11) is 3.27. The van der Waals surface area contributed by atoms with E-state index in [0.29, 0.717) is 27.9 Å². The van der Waals surface area contributed by atoms with Crippen LogP contribution in [0.25, 0.3) is 0 Å². The number of ether oxygens (including phenoxy) is 1. The van der Waals surface area contributed by atoms with Crippen LogP contribution in [0.3, 0.4) is 0 Å². The molecule has 1 heterocycles. The fourth-order valence-electron chi connectivity index (χ4n) is 3.57. The highest BCUT2D eigenvalue weighted by molar-refractivity contribution is 7.16. The Morgan fingerprint density at radius 1 is 1.30 bits per heavy atom. The van der Waals surface area contributed by atoms with Crippen LogP contribution in [0.4, 0.5) is 10.7 Å². The Hall–Kier alpha value is -2.89. The first kappa shape index (κ1) is 21.8. The van der Waals surface area contributed by atoms with E-state index in [9.17, 15) is 14.9 Å². The number of nitrogens with one attached hydrogen (secondary N) is 2. The molecule has 0 aliphatic heterocycles. The van der Waals surface area contributed by atoms with Crippen LogP contribution in [-0.4, -0.2) is 44.0 Å². The lowest BCUT2D eigenvalue weighted by atomic mass is 9.89. The van der Waals surface area contributed by atoms with Crippen molar-refractivity contribution in [3.63, 3.8) is 0 Å². The molecule has 158 valence electrons. The van der Waals surface area contributed by atoms with Crippen LogP contribution in [-0.2, 0) is 22.4 Å². The smallest absolute Gasteiger partial charge is 0.239 e. The Kier molecular flexibility index (Phi) is 7.08. The molecule has 0 saturated carbocycles. The van der Waals surface area contributed by atoms with Gasteiger partial charge in [-0.15, -0.1) is 11.3 Å². The third-order valence-electron chi connectivity index (χ3n) is 5.06. The summed E-state index contributed by atoms with van der Waals surface area (Å²) in [5.74, 6) is 0.786. The molecule has 2 aromatic rings. The van der Waals surface area contributed by atoms with Crippen molar-refractivity contribution in [1.82, 2.24) is 4.90 Å². The summed E-state index contributed by atoms with van der Waals surface area (Å²) >= 11 is 1.50. The lowest BCUT2D eigenvalue weighted by Gasteiger charge is -2.17. The van der Waals surface area contributed by atoms with Gasteiger partial charge in [0.1, 0.15) is 16.8 Å². The zero-order valence-corrected chi connectivity index (χ0v) is 18.3. The molecule has 30 heavy (non-hydrogen) atoms. The molecule has 1 aromatic heterocycles. The van der Waals surface area contributed by atoms with Gasteiger partial charge in [-0.25, -0.2) is 0 Å². The van der Waals surface area contributed by atoms with Crippen molar-refractivity contribution >= 4 is 33.8 Å². The number of likely N-dealkylation sites (N-methyl/N-ethyl adjacent to an activating group) is 1. The van der Waals surface area contributed by atoms with Gasteiger partial charge < -0.3 is 15.4 Å². The number of nitriles is 1. The van der Waals surface area contributed by atoms with E-state index in [1.807, 2.05) is 0 Å². The second-order valence-corrected chi connectivity index (χ2v) is 8.77. The number of rotatable bonds is 7. The molecule has 3 rings (SSSR count). The highest BCUT2D eigenvalue weighted by atomic mass is 32.1. The van der Waals surface area contributed by atoms with Gasteiger partial charge in [-0.2, -0.15) is 5.26 Å². The number of benzene rings is 1. The second kappa shape index (κ2) is 9.74. The predicted molar refractivity (Wildman–Crippen MR) is 118 cm³/mol. The molecule has 1 aliphatic rings. The third-order valence-corrected chi connectivity index (χ3v) is 6.23. The predicted octanol–water partition coefficient (Wildman–Crippen LogP) is 3.26. The minimum absolute atomic E-state index is 0.0510. The Balaban J connectivity index is 1.55. The van der Waals surface area contributed by atoms with Crippen molar-refractivity contribution in [2.45, 2.75) is 26.2 Å². The third kappa shape index (κ3) is 5.38. The van der Waals surface area contributed by atoms with Crippen molar-refractivity contribution in [2.24, 2.45) is 5.92 Å². The maximum atomic E-state index is 12.5. The maximum absolute atomic E-state index is 12.5. The van der Waals surface area contributed by atoms with Gasteiger partial charge in [0.2, 0.25) is 11.8 Å². The molecule has 1 aromatic carbocycles. The van der Waals surface area contributed by atoms with Gasteiger partial charge in [-0.05, 0) is 49.9 Å². The second-order valence-electron chi connectivity index (χ2n) is 7.67. The number of thiophene rings is 1. The highest BCUT2D eigenvalue weighted by Crippen LogP contribution is 2.39. The van der Waals surface area contributed by atoms with Gasteiger partial charge in [0.15, 0.2) is 0 Å². The van der Waals surface area contributed by atoms with E-state index >= 15 is 0 Å². The molecule has 1 atom stereocenters. The molecule has 0 spiro atoms.